The maximum Gasteiger partial charge on any atom is 0.229 e. The highest BCUT2D eigenvalue weighted by Gasteiger charge is 2.38. The van der Waals surface area contributed by atoms with Crippen molar-refractivity contribution in [2.75, 3.05) is 25.2 Å². The van der Waals surface area contributed by atoms with Crippen molar-refractivity contribution in [1.82, 2.24) is 0 Å². The van der Waals surface area contributed by atoms with Gasteiger partial charge in [0.1, 0.15) is 6.10 Å². The third-order valence-electron chi connectivity index (χ3n) is 5.78. The van der Waals surface area contributed by atoms with E-state index in [4.69, 9.17) is 14.2 Å². The highest BCUT2D eigenvalue weighted by atomic mass is 32.2. The second kappa shape index (κ2) is 7.88. The Hall–Kier alpha value is -2.25. The van der Waals surface area contributed by atoms with E-state index < -0.39 is 10.0 Å². The zero-order valence-electron chi connectivity index (χ0n) is 17.0. The number of fused-ring (bicyclic) bond motifs is 3. The summed E-state index contributed by atoms with van der Waals surface area (Å²) in [7, 11) is -0.0707. The van der Waals surface area contributed by atoms with Gasteiger partial charge >= 0.3 is 0 Å². The summed E-state index contributed by atoms with van der Waals surface area (Å²) in [5.74, 6) is 1.73. The lowest BCUT2D eigenvalue weighted by Gasteiger charge is -2.41. The molecule has 1 fully saturated rings. The lowest BCUT2D eigenvalue weighted by molar-refractivity contribution is -0.0391. The minimum Gasteiger partial charge on any atom is -0.493 e. The smallest absolute Gasteiger partial charge is 0.229 e. The Balaban J connectivity index is 1.81. The summed E-state index contributed by atoms with van der Waals surface area (Å²) < 4.78 is 43.5. The van der Waals surface area contributed by atoms with Crippen LogP contribution < -0.4 is 14.2 Å². The minimum absolute atomic E-state index is 0.144. The van der Waals surface area contributed by atoms with E-state index in [-0.39, 0.29) is 12.2 Å². The molecule has 156 valence electrons. The normalized spacial score (nSPS) is 23.6. The molecule has 0 saturated heterocycles. The Labute approximate surface area is 172 Å². The molecule has 0 aromatic heterocycles. The first-order valence-electron chi connectivity index (χ1n) is 9.88. The zero-order valence-corrected chi connectivity index (χ0v) is 17.8. The molecule has 0 spiro atoms. The van der Waals surface area contributed by atoms with Crippen molar-refractivity contribution in [3.63, 3.8) is 0 Å². The van der Waals surface area contributed by atoms with Gasteiger partial charge in [0.05, 0.1) is 26.6 Å². The standard InChI is InChI=1S/C22H27NO5S/c1-26-20-12-17-16-9-4-5-10-19(16)28-22(18(17)13-21(20)27-2)14-7-6-8-15(11-14)23-29(3,24)25/h6-8,11-13,16,19,22-23H,4-5,9-10H2,1-3H3/t16-,19-,22+/m0/s1. The third kappa shape index (κ3) is 4.07. The summed E-state index contributed by atoms with van der Waals surface area (Å²) in [4.78, 5) is 0. The van der Waals surface area contributed by atoms with Crippen LogP contribution in [0.3, 0.4) is 0 Å². The monoisotopic (exact) mass is 417 g/mol. The molecule has 4 rings (SSSR count). The first kappa shape index (κ1) is 20.0. The summed E-state index contributed by atoms with van der Waals surface area (Å²) >= 11 is 0. The van der Waals surface area contributed by atoms with Crippen molar-refractivity contribution in [2.24, 2.45) is 0 Å². The fourth-order valence-electron chi connectivity index (χ4n) is 4.56. The lowest BCUT2D eigenvalue weighted by Crippen LogP contribution is -2.33. The lowest BCUT2D eigenvalue weighted by atomic mass is 9.76. The van der Waals surface area contributed by atoms with Crippen molar-refractivity contribution in [3.05, 3.63) is 53.1 Å². The maximum absolute atomic E-state index is 11.7. The number of rotatable bonds is 5. The van der Waals surface area contributed by atoms with Gasteiger partial charge < -0.3 is 14.2 Å². The van der Waals surface area contributed by atoms with Gasteiger partial charge in [0.15, 0.2) is 11.5 Å². The molecule has 7 heteroatoms. The van der Waals surface area contributed by atoms with Gasteiger partial charge in [-0.2, -0.15) is 0 Å². The van der Waals surface area contributed by atoms with E-state index in [0.717, 1.165) is 42.4 Å². The van der Waals surface area contributed by atoms with E-state index >= 15 is 0 Å². The average molecular weight is 418 g/mol. The molecule has 1 aliphatic carbocycles. The first-order chi connectivity index (χ1) is 13.9. The Morgan fingerprint density at radius 2 is 1.69 bits per heavy atom. The molecule has 0 unspecified atom stereocenters. The predicted octanol–water partition coefficient (Wildman–Crippen LogP) is 4.22. The number of benzene rings is 2. The fraction of sp³-hybridized carbons (Fsp3) is 0.455. The Bertz CT molecular complexity index is 1000. The number of hydrogen-bond acceptors (Lipinski definition) is 5. The highest BCUT2D eigenvalue weighted by Crippen LogP contribution is 2.49. The average Bonchev–Trinajstić information content (AvgIpc) is 2.71. The molecular formula is C22H27NO5S. The van der Waals surface area contributed by atoms with Crippen molar-refractivity contribution in [2.45, 2.75) is 43.8 Å². The fourth-order valence-corrected chi connectivity index (χ4v) is 5.11. The largest absolute Gasteiger partial charge is 0.493 e. The number of methoxy groups -OCH3 is 2. The molecule has 1 heterocycles. The van der Waals surface area contributed by atoms with Crippen LogP contribution in [0.2, 0.25) is 0 Å². The van der Waals surface area contributed by atoms with Crippen LogP contribution in [0, 0.1) is 0 Å². The Morgan fingerprint density at radius 1 is 1.00 bits per heavy atom. The highest BCUT2D eigenvalue weighted by molar-refractivity contribution is 7.92. The molecule has 6 nitrogen and oxygen atoms in total. The number of ether oxygens (including phenoxy) is 3. The summed E-state index contributed by atoms with van der Waals surface area (Å²) in [6.45, 7) is 0. The third-order valence-corrected chi connectivity index (χ3v) is 6.38. The zero-order chi connectivity index (χ0) is 20.6. The predicted molar refractivity (Wildman–Crippen MR) is 112 cm³/mol. The van der Waals surface area contributed by atoms with E-state index in [2.05, 4.69) is 10.8 Å². The van der Waals surface area contributed by atoms with E-state index in [0.29, 0.717) is 17.4 Å². The molecule has 2 aliphatic rings. The van der Waals surface area contributed by atoms with E-state index in [1.807, 2.05) is 24.3 Å². The Kier molecular flexibility index (Phi) is 5.44. The van der Waals surface area contributed by atoms with E-state index in [1.165, 1.54) is 12.0 Å². The van der Waals surface area contributed by atoms with Gasteiger partial charge in [-0.15, -0.1) is 0 Å². The molecule has 0 radical (unpaired) electrons. The van der Waals surface area contributed by atoms with Gasteiger partial charge in [0.2, 0.25) is 10.0 Å². The SMILES string of the molecule is COc1cc2c(cc1OC)[C@@H]1CCCC[C@@H]1O[C@@H]2c1cccc(NS(C)(=O)=O)c1. The number of nitrogens with one attached hydrogen (secondary N) is 1. The summed E-state index contributed by atoms with van der Waals surface area (Å²) in [5.41, 5.74) is 3.74. The topological polar surface area (TPSA) is 73.9 Å². The molecule has 0 amide bonds. The molecule has 2 aromatic carbocycles. The van der Waals surface area contributed by atoms with Crippen LogP contribution >= 0.6 is 0 Å². The van der Waals surface area contributed by atoms with Gasteiger partial charge in [0, 0.05) is 11.6 Å². The molecule has 1 N–H and O–H groups in total. The van der Waals surface area contributed by atoms with Crippen LogP contribution in [0.25, 0.3) is 0 Å². The molecule has 29 heavy (non-hydrogen) atoms. The summed E-state index contributed by atoms with van der Waals surface area (Å²) in [5, 5.41) is 0. The van der Waals surface area contributed by atoms with Crippen molar-refractivity contribution in [1.29, 1.82) is 0 Å². The van der Waals surface area contributed by atoms with Crippen LogP contribution in [-0.4, -0.2) is 35.0 Å². The molecule has 1 saturated carbocycles. The molecule has 1 aliphatic heterocycles. The number of anilines is 1. The first-order valence-corrected chi connectivity index (χ1v) is 11.8. The van der Waals surface area contributed by atoms with Gasteiger partial charge in [0.25, 0.3) is 0 Å². The number of sulfonamides is 1. The molecule has 3 atom stereocenters. The second-order valence-electron chi connectivity index (χ2n) is 7.78. The van der Waals surface area contributed by atoms with Crippen LogP contribution in [0.1, 0.15) is 54.4 Å². The maximum atomic E-state index is 11.7. The van der Waals surface area contributed by atoms with Crippen LogP contribution in [0.5, 0.6) is 11.5 Å². The van der Waals surface area contributed by atoms with Gasteiger partial charge in [-0.25, -0.2) is 8.42 Å². The van der Waals surface area contributed by atoms with Crippen LogP contribution in [0.15, 0.2) is 36.4 Å². The minimum atomic E-state index is -3.35. The van der Waals surface area contributed by atoms with E-state index in [1.54, 1.807) is 20.3 Å². The van der Waals surface area contributed by atoms with E-state index in [9.17, 15) is 8.42 Å². The molecular weight excluding hydrogens is 390 g/mol. The van der Waals surface area contributed by atoms with Crippen molar-refractivity contribution >= 4 is 15.7 Å². The van der Waals surface area contributed by atoms with Crippen molar-refractivity contribution < 1.29 is 22.6 Å². The summed E-state index contributed by atoms with van der Waals surface area (Å²) in [6, 6.07) is 11.5. The molecule has 0 bridgehead atoms. The molecule has 2 aromatic rings. The second-order valence-corrected chi connectivity index (χ2v) is 9.53. The van der Waals surface area contributed by atoms with Crippen molar-refractivity contribution in [3.8, 4) is 11.5 Å². The Morgan fingerprint density at radius 3 is 2.38 bits per heavy atom. The summed E-state index contributed by atoms with van der Waals surface area (Å²) in [6.07, 6.45) is 5.47. The van der Waals surface area contributed by atoms with Gasteiger partial charge in [-0.3, -0.25) is 4.72 Å². The van der Waals surface area contributed by atoms with Gasteiger partial charge in [-0.05, 0) is 53.8 Å². The quantitative estimate of drug-likeness (QED) is 0.788. The van der Waals surface area contributed by atoms with Crippen LogP contribution in [0.4, 0.5) is 5.69 Å². The van der Waals surface area contributed by atoms with Crippen LogP contribution in [-0.2, 0) is 14.8 Å². The number of hydrogen-bond donors (Lipinski definition) is 1. The van der Waals surface area contributed by atoms with Gasteiger partial charge in [-0.1, -0.05) is 25.0 Å².